The van der Waals surface area contributed by atoms with E-state index in [1.807, 2.05) is 6.92 Å². The highest BCUT2D eigenvalue weighted by atomic mass is 16.6. The molecule has 0 aliphatic heterocycles. The van der Waals surface area contributed by atoms with Gasteiger partial charge in [-0.05, 0) is 6.07 Å². The second-order valence-corrected chi connectivity index (χ2v) is 2.46. The average Bonchev–Trinajstić information content (AvgIpc) is 2.15. The van der Waals surface area contributed by atoms with E-state index < -0.39 is 4.92 Å². The predicted molar refractivity (Wildman–Crippen MR) is 50.3 cm³/mol. The Balaban J connectivity index is 2.98. The number of hydrogen-bond acceptors (Lipinski definition) is 2. The summed E-state index contributed by atoms with van der Waals surface area (Å²) in [7, 11) is 0. The van der Waals surface area contributed by atoms with Crippen molar-refractivity contribution in [3.05, 3.63) is 39.9 Å². The number of rotatable bonds is 1. The molecule has 0 aromatic heterocycles. The Hall–Kier alpha value is -1.82. The summed E-state index contributed by atoms with van der Waals surface area (Å²) >= 11 is 0. The maximum Gasteiger partial charge on any atom is 0.270 e. The minimum Gasteiger partial charge on any atom is -0.258 e. The molecular formula is C10H9NO2. The van der Waals surface area contributed by atoms with E-state index in [4.69, 9.17) is 0 Å². The van der Waals surface area contributed by atoms with Crippen LogP contribution in [-0.2, 0) is 0 Å². The predicted octanol–water partition coefficient (Wildman–Crippen LogP) is 2.36. The first-order valence-electron chi connectivity index (χ1n) is 3.97. The van der Waals surface area contributed by atoms with Crippen LogP contribution in [-0.4, -0.2) is 4.92 Å². The highest BCUT2D eigenvalue weighted by molar-refractivity contribution is 5.42. The highest BCUT2D eigenvalue weighted by Gasteiger charge is 2.03. The molecular weight excluding hydrogens is 166 g/mol. The van der Waals surface area contributed by atoms with Crippen LogP contribution in [0.15, 0.2) is 24.3 Å². The van der Waals surface area contributed by atoms with Gasteiger partial charge in [-0.25, -0.2) is 0 Å². The van der Waals surface area contributed by atoms with E-state index in [1.54, 1.807) is 12.1 Å². The summed E-state index contributed by atoms with van der Waals surface area (Å²) in [6, 6.07) is 6.33. The van der Waals surface area contributed by atoms with Gasteiger partial charge in [-0.15, -0.1) is 0 Å². The van der Waals surface area contributed by atoms with Crippen molar-refractivity contribution in [1.82, 2.24) is 0 Å². The van der Waals surface area contributed by atoms with Crippen LogP contribution in [0.1, 0.15) is 18.9 Å². The van der Waals surface area contributed by atoms with Crippen molar-refractivity contribution in [2.45, 2.75) is 13.3 Å². The summed E-state index contributed by atoms with van der Waals surface area (Å²) in [5.74, 6) is 5.69. The summed E-state index contributed by atoms with van der Waals surface area (Å²) in [6.07, 6.45) is 0.753. The van der Waals surface area contributed by atoms with Crippen LogP contribution in [0.25, 0.3) is 0 Å². The molecule has 13 heavy (non-hydrogen) atoms. The summed E-state index contributed by atoms with van der Waals surface area (Å²) in [4.78, 5) is 9.96. The van der Waals surface area contributed by atoms with Crippen molar-refractivity contribution in [3.63, 3.8) is 0 Å². The van der Waals surface area contributed by atoms with E-state index >= 15 is 0 Å². The Kier molecular flexibility index (Phi) is 3.04. The first-order chi connectivity index (χ1) is 6.24. The molecule has 0 radical (unpaired) electrons. The maximum absolute atomic E-state index is 10.4. The first-order valence-corrected chi connectivity index (χ1v) is 3.97. The fourth-order valence-electron chi connectivity index (χ4n) is 0.888. The van der Waals surface area contributed by atoms with Gasteiger partial charge >= 0.3 is 0 Å². The maximum atomic E-state index is 10.4. The Morgan fingerprint density at radius 3 is 2.92 bits per heavy atom. The van der Waals surface area contributed by atoms with E-state index in [0.29, 0.717) is 5.56 Å². The number of non-ortho nitro benzene ring substituents is 1. The Labute approximate surface area is 76.5 Å². The van der Waals surface area contributed by atoms with Gasteiger partial charge in [-0.3, -0.25) is 10.1 Å². The molecule has 0 spiro atoms. The molecule has 1 aromatic carbocycles. The van der Waals surface area contributed by atoms with Gasteiger partial charge in [-0.1, -0.05) is 24.8 Å². The van der Waals surface area contributed by atoms with Crippen molar-refractivity contribution < 1.29 is 4.92 Å². The Morgan fingerprint density at radius 2 is 2.31 bits per heavy atom. The molecule has 0 bridgehead atoms. The normalized spacial score (nSPS) is 8.69. The summed E-state index contributed by atoms with van der Waals surface area (Å²) in [5, 5.41) is 10.4. The molecule has 0 atom stereocenters. The van der Waals surface area contributed by atoms with E-state index in [0.717, 1.165) is 6.42 Å². The van der Waals surface area contributed by atoms with E-state index in [1.165, 1.54) is 12.1 Å². The van der Waals surface area contributed by atoms with Crippen LogP contribution in [0.2, 0.25) is 0 Å². The minimum absolute atomic E-state index is 0.0860. The number of nitro benzene ring substituents is 1. The van der Waals surface area contributed by atoms with Gasteiger partial charge in [0.25, 0.3) is 5.69 Å². The molecule has 0 aliphatic carbocycles. The lowest BCUT2D eigenvalue weighted by atomic mass is 10.2. The standard InChI is InChI=1S/C10H9NO2/c1-2-3-5-9-6-4-7-10(8-9)11(12)13/h4,6-8H,2H2,1H3. The van der Waals surface area contributed by atoms with E-state index in [2.05, 4.69) is 11.8 Å². The largest absolute Gasteiger partial charge is 0.270 e. The third-order valence-corrected chi connectivity index (χ3v) is 1.47. The van der Waals surface area contributed by atoms with Gasteiger partial charge in [0, 0.05) is 24.1 Å². The summed E-state index contributed by atoms with van der Waals surface area (Å²) in [6.45, 7) is 1.93. The number of nitro groups is 1. The third kappa shape index (κ3) is 2.60. The minimum atomic E-state index is -0.420. The molecule has 3 heteroatoms. The number of hydrogen-bond donors (Lipinski definition) is 0. The molecule has 0 saturated carbocycles. The van der Waals surface area contributed by atoms with Crippen LogP contribution in [0.3, 0.4) is 0 Å². The third-order valence-electron chi connectivity index (χ3n) is 1.47. The van der Waals surface area contributed by atoms with Crippen LogP contribution >= 0.6 is 0 Å². The SMILES string of the molecule is CCC#Cc1cccc([N+](=O)[O-])c1. The molecule has 1 rings (SSSR count). The van der Waals surface area contributed by atoms with Crippen molar-refractivity contribution in [3.8, 4) is 11.8 Å². The molecule has 0 unspecified atom stereocenters. The van der Waals surface area contributed by atoms with Gasteiger partial charge in [0.2, 0.25) is 0 Å². The fraction of sp³-hybridized carbons (Fsp3) is 0.200. The lowest BCUT2D eigenvalue weighted by molar-refractivity contribution is -0.384. The molecule has 0 amide bonds. The fourth-order valence-corrected chi connectivity index (χ4v) is 0.888. The van der Waals surface area contributed by atoms with Crippen LogP contribution in [0.4, 0.5) is 5.69 Å². The van der Waals surface area contributed by atoms with Gasteiger partial charge in [0.1, 0.15) is 0 Å². The quantitative estimate of drug-likeness (QED) is 0.373. The smallest absolute Gasteiger partial charge is 0.258 e. The first kappa shape index (κ1) is 9.27. The van der Waals surface area contributed by atoms with Crippen molar-refractivity contribution in [2.24, 2.45) is 0 Å². The number of nitrogens with zero attached hydrogens (tertiary/aromatic N) is 1. The van der Waals surface area contributed by atoms with Crippen LogP contribution in [0, 0.1) is 22.0 Å². The zero-order valence-corrected chi connectivity index (χ0v) is 7.28. The monoisotopic (exact) mass is 175 g/mol. The Bertz CT molecular complexity index is 374. The second kappa shape index (κ2) is 4.27. The van der Waals surface area contributed by atoms with Gasteiger partial charge in [0.05, 0.1) is 4.92 Å². The molecule has 0 saturated heterocycles. The molecule has 0 fully saturated rings. The Morgan fingerprint density at radius 1 is 1.54 bits per heavy atom. The van der Waals surface area contributed by atoms with Gasteiger partial charge in [-0.2, -0.15) is 0 Å². The van der Waals surface area contributed by atoms with Crippen LogP contribution in [0.5, 0.6) is 0 Å². The van der Waals surface area contributed by atoms with E-state index in [9.17, 15) is 10.1 Å². The zero-order chi connectivity index (χ0) is 9.68. The van der Waals surface area contributed by atoms with Crippen molar-refractivity contribution in [1.29, 1.82) is 0 Å². The second-order valence-electron chi connectivity index (χ2n) is 2.46. The van der Waals surface area contributed by atoms with Gasteiger partial charge < -0.3 is 0 Å². The van der Waals surface area contributed by atoms with Crippen molar-refractivity contribution in [2.75, 3.05) is 0 Å². The van der Waals surface area contributed by atoms with Crippen molar-refractivity contribution >= 4 is 5.69 Å². The molecule has 0 N–H and O–H groups in total. The molecule has 66 valence electrons. The van der Waals surface area contributed by atoms with Crippen LogP contribution < -0.4 is 0 Å². The molecule has 0 aliphatic rings. The average molecular weight is 175 g/mol. The van der Waals surface area contributed by atoms with Gasteiger partial charge in [0.15, 0.2) is 0 Å². The van der Waals surface area contributed by atoms with E-state index in [-0.39, 0.29) is 5.69 Å². The molecule has 1 aromatic rings. The lowest BCUT2D eigenvalue weighted by Crippen LogP contribution is -1.87. The zero-order valence-electron chi connectivity index (χ0n) is 7.28. The highest BCUT2D eigenvalue weighted by Crippen LogP contribution is 2.11. The lowest BCUT2D eigenvalue weighted by Gasteiger charge is -1.90. The number of benzene rings is 1. The summed E-state index contributed by atoms with van der Waals surface area (Å²) < 4.78 is 0. The summed E-state index contributed by atoms with van der Waals surface area (Å²) in [5.41, 5.74) is 0.777. The molecule has 0 heterocycles. The molecule has 3 nitrogen and oxygen atoms in total. The topological polar surface area (TPSA) is 43.1 Å².